The number of aryl methyl sites for hydroxylation is 1. The van der Waals surface area contributed by atoms with Gasteiger partial charge in [0.25, 0.3) is 0 Å². The number of aliphatic imine (C=N–C) groups is 1. The lowest BCUT2D eigenvalue weighted by Gasteiger charge is -2.34. The SMILES string of the molecule is Cc1cccc(N2CCC(NC(=NCC3CCCCO3)NCCc3ccco3)CC2)n1.I. The Morgan fingerprint density at radius 2 is 2.03 bits per heavy atom. The number of anilines is 1. The second-order valence-corrected chi connectivity index (χ2v) is 8.48. The minimum Gasteiger partial charge on any atom is -0.469 e. The summed E-state index contributed by atoms with van der Waals surface area (Å²) in [5.41, 5.74) is 1.07. The van der Waals surface area contributed by atoms with Gasteiger partial charge in [0.15, 0.2) is 5.96 Å². The number of guanidine groups is 1. The molecule has 0 spiro atoms. The van der Waals surface area contributed by atoms with Gasteiger partial charge in [-0.1, -0.05) is 6.07 Å². The van der Waals surface area contributed by atoms with E-state index in [2.05, 4.69) is 32.7 Å². The number of nitrogens with zero attached hydrogens (tertiary/aromatic N) is 3. The van der Waals surface area contributed by atoms with Crippen LogP contribution in [0, 0.1) is 6.92 Å². The molecule has 8 heteroatoms. The minimum absolute atomic E-state index is 0. The maximum atomic E-state index is 5.86. The standard InChI is InChI=1S/C24H35N5O2.HI/c1-19-6-4-9-23(27-19)29-14-11-20(12-15-29)28-24(25-13-10-21-8-5-17-30-21)26-18-22-7-2-3-16-31-22;/h4-6,8-9,17,20,22H,2-3,7,10-16,18H2,1H3,(H2,25,26,28);1H. The average molecular weight is 553 g/mol. The molecule has 0 saturated carbocycles. The molecule has 0 radical (unpaired) electrons. The van der Waals surface area contributed by atoms with Crippen molar-refractivity contribution in [2.75, 3.05) is 37.7 Å². The molecule has 1 unspecified atom stereocenters. The van der Waals surface area contributed by atoms with Crippen molar-refractivity contribution in [2.24, 2.45) is 4.99 Å². The average Bonchev–Trinajstić information content (AvgIpc) is 3.32. The van der Waals surface area contributed by atoms with Gasteiger partial charge in [-0.05, 0) is 63.3 Å². The van der Waals surface area contributed by atoms with Crippen LogP contribution in [-0.2, 0) is 11.2 Å². The van der Waals surface area contributed by atoms with Crippen LogP contribution in [-0.4, -0.2) is 55.9 Å². The van der Waals surface area contributed by atoms with Crippen molar-refractivity contribution in [3.05, 3.63) is 48.0 Å². The van der Waals surface area contributed by atoms with Crippen molar-refractivity contribution < 1.29 is 9.15 Å². The van der Waals surface area contributed by atoms with Crippen LogP contribution >= 0.6 is 24.0 Å². The number of furan rings is 1. The fourth-order valence-corrected chi connectivity index (χ4v) is 4.21. The van der Waals surface area contributed by atoms with E-state index in [1.165, 1.54) is 12.8 Å². The van der Waals surface area contributed by atoms with Gasteiger partial charge in [0.1, 0.15) is 11.6 Å². The number of halogens is 1. The monoisotopic (exact) mass is 553 g/mol. The summed E-state index contributed by atoms with van der Waals surface area (Å²) >= 11 is 0. The third-order valence-corrected chi connectivity index (χ3v) is 6.00. The van der Waals surface area contributed by atoms with Gasteiger partial charge in [0, 0.05) is 44.4 Å². The predicted octanol–water partition coefficient (Wildman–Crippen LogP) is 3.92. The van der Waals surface area contributed by atoms with Crippen LogP contribution in [0.5, 0.6) is 0 Å². The maximum absolute atomic E-state index is 5.86. The van der Waals surface area contributed by atoms with Crippen molar-refractivity contribution in [2.45, 2.75) is 57.6 Å². The predicted molar refractivity (Wildman–Crippen MR) is 139 cm³/mol. The molecule has 4 rings (SSSR count). The highest BCUT2D eigenvalue weighted by Gasteiger charge is 2.21. The van der Waals surface area contributed by atoms with Gasteiger partial charge >= 0.3 is 0 Å². The zero-order valence-electron chi connectivity index (χ0n) is 19.0. The highest BCUT2D eigenvalue weighted by Crippen LogP contribution is 2.18. The highest BCUT2D eigenvalue weighted by atomic mass is 127. The number of rotatable bonds is 7. The molecule has 4 heterocycles. The Labute approximate surface area is 208 Å². The molecule has 0 bridgehead atoms. The third-order valence-electron chi connectivity index (χ3n) is 6.00. The van der Waals surface area contributed by atoms with Crippen LogP contribution in [0.4, 0.5) is 5.82 Å². The summed E-state index contributed by atoms with van der Waals surface area (Å²) in [5, 5.41) is 7.16. The van der Waals surface area contributed by atoms with Gasteiger partial charge in [-0.25, -0.2) is 4.98 Å². The quantitative estimate of drug-likeness (QED) is 0.308. The number of hydrogen-bond donors (Lipinski definition) is 2. The van der Waals surface area contributed by atoms with Crippen molar-refractivity contribution in [1.82, 2.24) is 15.6 Å². The summed E-state index contributed by atoms with van der Waals surface area (Å²) in [6.45, 7) is 6.41. The van der Waals surface area contributed by atoms with Gasteiger partial charge in [-0.2, -0.15) is 0 Å². The van der Waals surface area contributed by atoms with E-state index in [0.29, 0.717) is 12.6 Å². The van der Waals surface area contributed by atoms with E-state index in [4.69, 9.17) is 14.1 Å². The molecular formula is C24H36IN5O2. The van der Waals surface area contributed by atoms with E-state index in [0.717, 1.165) is 75.2 Å². The number of hydrogen-bond acceptors (Lipinski definition) is 5. The third kappa shape index (κ3) is 7.65. The molecule has 0 aliphatic carbocycles. The van der Waals surface area contributed by atoms with E-state index in [9.17, 15) is 0 Å². The second-order valence-electron chi connectivity index (χ2n) is 8.48. The number of piperidine rings is 1. The Bertz CT molecular complexity index is 816. The molecule has 176 valence electrons. The van der Waals surface area contributed by atoms with Crippen LogP contribution in [0.25, 0.3) is 0 Å². The fourth-order valence-electron chi connectivity index (χ4n) is 4.21. The van der Waals surface area contributed by atoms with Crippen molar-refractivity contribution in [3.8, 4) is 0 Å². The normalized spacial score (nSPS) is 20.0. The van der Waals surface area contributed by atoms with E-state index in [1.54, 1.807) is 6.26 Å². The first kappa shape index (κ1) is 24.8. The van der Waals surface area contributed by atoms with Crippen LogP contribution in [0.3, 0.4) is 0 Å². The summed E-state index contributed by atoms with van der Waals surface area (Å²) in [6.07, 6.45) is 8.44. The summed E-state index contributed by atoms with van der Waals surface area (Å²) in [7, 11) is 0. The van der Waals surface area contributed by atoms with Crippen LogP contribution in [0.1, 0.15) is 43.6 Å². The van der Waals surface area contributed by atoms with E-state index >= 15 is 0 Å². The number of aromatic nitrogens is 1. The molecule has 2 aliphatic rings. The first-order valence-electron chi connectivity index (χ1n) is 11.6. The summed E-state index contributed by atoms with van der Waals surface area (Å²) in [4.78, 5) is 11.9. The molecular weight excluding hydrogens is 517 g/mol. The lowest BCUT2D eigenvalue weighted by atomic mass is 10.1. The lowest BCUT2D eigenvalue weighted by molar-refractivity contribution is 0.0224. The summed E-state index contributed by atoms with van der Waals surface area (Å²) in [5.74, 6) is 2.95. The molecule has 2 aromatic rings. The summed E-state index contributed by atoms with van der Waals surface area (Å²) in [6, 6.07) is 10.6. The molecule has 32 heavy (non-hydrogen) atoms. The van der Waals surface area contributed by atoms with Crippen LogP contribution in [0.15, 0.2) is 46.0 Å². The van der Waals surface area contributed by atoms with E-state index in [1.807, 2.05) is 25.1 Å². The van der Waals surface area contributed by atoms with Crippen LogP contribution in [0.2, 0.25) is 0 Å². The first-order valence-corrected chi connectivity index (χ1v) is 11.6. The first-order chi connectivity index (χ1) is 15.3. The summed E-state index contributed by atoms with van der Waals surface area (Å²) < 4.78 is 11.3. The Morgan fingerprint density at radius 3 is 2.75 bits per heavy atom. The Balaban J connectivity index is 0.00000289. The zero-order chi connectivity index (χ0) is 21.3. The Hall–Kier alpha value is -1.81. The zero-order valence-corrected chi connectivity index (χ0v) is 21.3. The molecule has 2 fully saturated rings. The van der Waals surface area contributed by atoms with Crippen LogP contribution < -0.4 is 15.5 Å². The molecule has 1 atom stereocenters. The second kappa shape index (κ2) is 13.0. The van der Waals surface area contributed by atoms with Gasteiger partial charge in [0.2, 0.25) is 0 Å². The molecule has 2 N–H and O–H groups in total. The minimum atomic E-state index is 0. The van der Waals surface area contributed by atoms with E-state index < -0.39 is 0 Å². The topological polar surface area (TPSA) is 74.9 Å². The fraction of sp³-hybridized carbons (Fsp3) is 0.583. The van der Waals surface area contributed by atoms with E-state index in [-0.39, 0.29) is 30.1 Å². The molecule has 2 aromatic heterocycles. The lowest BCUT2D eigenvalue weighted by Crippen LogP contribution is -2.49. The molecule has 7 nitrogen and oxygen atoms in total. The van der Waals surface area contributed by atoms with Gasteiger partial charge in [0.05, 0.1) is 18.9 Å². The molecule has 2 saturated heterocycles. The van der Waals surface area contributed by atoms with Crippen molar-refractivity contribution in [3.63, 3.8) is 0 Å². The van der Waals surface area contributed by atoms with Gasteiger partial charge < -0.3 is 24.7 Å². The molecule has 2 aliphatic heterocycles. The smallest absolute Gasteiger partial charge is 0.191 e. The molecule has 0 aromatic carbocycles. The van der Waals surface area contributed by atoms with Crippen molar-refractivity contribution >= 4 is 35.8 Å². The Kier molecular flexibility index (Phi) is 10.1. The van der Waals surface area contributed by atoms with Gasteiger partial charge in [-0.15, -0.1) is 24.0 Å². The largest absolute Gasteiger partial charge is 0.469 e. The number of nitrogens with one attached hydrogen (secondary N) is 2. The number of ether oxygens (including phenoxy) is 1. The Morgan fingerprint density at radius 1 is 1.16 bits per heavy atom. The molecule has 0 amide bonds. The maximum Gasteiger partial charge on any atom is 0.191 e. The highest BCUT2D eigenvalue weighted by molar-refractivity contribution is 14.0. The van der Waals surface area contributed by atoms with Crippen molar-refractivity contribution in [1.29, 1.82) is 0 Å². The number of pyridine rings is 1. The van der Waals surface area contributed by atoms with Gasteiger partial charge in [-0.3, -0.25) is 4.99 Å².